The number of carbonyl (C=O) groups is 1. The fourth-order valence-electron chi connectivity index (χ4n) is 2.29. The van der Waals surface area contributed by atoms with Crippen LogP contribution in [0.15, 0.2) is 48.5 Å². The van der Waals surface area contributed by atoms with E-state index in [2.05, 4.69) is 10.6 Å². The Morgan fingerprint density at radius 1 is 1.00 bits per heavy atom. The molecule has 2 N–H and O–H groups in total. The molecule has 150 valence electrons. The molecule has 0 fully saturated rings. The topological polar surface area (TPSA) is 68.8 Å². The van der Waals surface area contributed by atoms with Gasteiger partial charge in [0, 0.05) is 17.9 Å². The summed E-state index contributed by atoms with van der Waals surface area (Å²) in [5, 5.41) is 5.86. The summed E-state index contributed by atoms with van der Waals surface area (Å²) in [7, 11) is 0. The van der Waals surface area contributed by atoms with Crippen molar-refractivity contribution in [2.24, 2.45) is 0 Å². The molecule has 2 aromatic rings. The van der Waals surface area contributed by atoms with Gasteiger partial charge in [-0.15, -0.1) is 0 Å². The molecule has 2 aromatic carbocycles. The van der Waals surface area contributed by atoms with Crippen molar-refractivity contribution < 1.29 is 19.0 Å². The number of ether oxygens (including phenoxy) is 3. The van der Waals surface area contributed by atoms with Crippen molar-refractivity contribution in [2.45, 2.75) is 26.9 Å². The first-order valence-electron chi connectivity index (χ1n) is 9.17. The standard InChI is InChI=1S/C21H26N2O4S/c1-4-25-13-14-26-18-9-5-16(6-10-18)20(24)23-21(28)22-17-7-11-19(12-8-17)27-15(2)3/h5-12,15H,4,13-14H2,1-3H3,(H2,22,23,24,28). The predicted molar refractivity (Wildman–Crippen MR) is 114 cm³/mol. The van der Waals surface area contributed by atoms with Crippen LogP contribution in [0, 0.1) is 0 Å². The van der Waals surface area contributed by atoms with Crippen molar-refractivity contribution in [1.29, 1.82) is 0 Å². The fraction of sp³-hybridized carbons (Fsp3) is 0.333. The minimum absolute atomic E-state index is 0.112. The molecule has 0 bridgehead atoms. The average Bonchev–Trinajstić information content (AvgIpc) is 2.67. The van der Waals surface area contributed by atoms with Crippen LogP contribution in [0.4, 0.5) is 5.69 Å². The lowest BCUT2D eigenvalue weighted by molar-refractivity contribution is 0.0977. The first-order chi connectivity index (χ1) is 13.5. The number of nitrogens with one attached hydrogen (secondary N) is 2. The van der Waals surface area contributed by atoms with Crippen molar-refractivity contribution >= 4 is 28.9 Å². The highest BCUT2D eigenvalue weighted by Crippen LogP contribution is 2.17. The molecule has 0 saturated heterocycles. The Balaban J connectivity index is 1.82. The summed E-state index contributed by atoms with van der Waals surface area (Å²) < 4.78 is 16.3. The molecule has 7 heteroatoms. The van der Waals surface area contributed by atoms with E-state index >= 15 is 0 Å². The number of carbonyl (C=O) groups excluding carboxylic acids is 1. The van der Waals surface area contributed by atoms with E-state index in [4.69, 9.17) is 26.4 Å². The summed E-state index contributed by atoms with van der Waals surface area (Å²) in [6.45, 7) is 7.53. The largest absolute Gasteiger partial charge is 0.491 e. The third kappa shape index (κ3) is 7.54. The normalized spacial score (nSPS) is 10.4. The van der Waals surface area contributed by atoms with Crippen LogP contribution in [0.5, 0.6) is 11.5 Å². The van der Waals surface area contributed by atoms with E-state index in [0.29, 0.717) is 31.1 Å². The molecule has 2 rings (SSSR count). The molecule has 0 atom stereocenters. The van der Waals surface area contributed by atoms with Gasteiger partial charge in [0.2, 0.25) is 0 Å². The monoisotopic (exact) mass is 402 g/mol. The van der Waals surface area contributed by atoms with Gasteiger partial charge in [0.15, 0.2) is 5.11 Å². The second-order valence-electron chi connectivity index (χ2n) is 6.17. The first kappa shape index (κ1) is 21.7. The highest BCUT2D eigenvalue weighted by Gasteiger charge is 2.08. The van der Waals surface area contributed by atoms with Crippen LogP contribution < -0.4 is 20.1 Å². The van der Waals surface area contributed by atoms with E-state index in [9.17, 15) is 4.79 Å². The lowest BCUT2D eigenvalue weighted by atomic mass is 10.2. The zero-order valence-electron chi connectivity index (χ0n) is 16.4. The van der Waals surface area contributed by atoms with Crippen molar-refractivity contribution in [3.63, 3.8) is 0 Å². The van der Waals surface area contributed by atoms with Crippen molar-refractivity contribution in [1.82, 2.24) is 5.32 Å². The molecule has 0 heterocycles. The molecular weight excluding hydrogens is 376 g/mol. The van der Waals surface area contributed by atoms with E-state index in [1.54, 1.807) is 24.3 Å². The summed E-state index contributed by atoms with van der Waals surface area (Å²) in [5.41, 5.74) is 1.25. The summed E-state index contributed by atoms with van der Waals surface area (Å²) in [6, 6.07) is 14.2. The van der Waals surface area contributed by atoms with Gasteiger partial charge in [0.1, 0.15) is 18.1 Å². The van der Waals surface area contributed by atoms with Crippen LogP contribution in [0.3, 0.4) is 0 Å². The summed E-state index contributed by atoms with van der Waals surface area (Å²) in [4.78, 5) is 12.3. The average molecular weight is 403 g/mol. The molecule has 1 amide bonds. The lowest BCUT2D eigenvalue weighted by Crippen LogP contribution is -2.34. The second-order valence-corrected chi connectivity index (χ2v) is 6.58. The van der Waals surface area contributed by atoms with Gasteiger partial charge in [-0.1, -0.05) is 0 Å². The molecule has 0 unspecified atom stereocenters. The van der Waals surface area contributed by atoms with Gasteiger partial charge in [0.25, 0.3) is 5.91 Å². The number of hydrogen-bond acceptors (Lipinski definition) is 5. The maximum atomic E-state index is 12.3. The number of rotatable bonds is 9. The van der Waals surface area contributed by atoms with Crippen molar-refractivity contribution in [3.8, 4) is 11.5 Å². The highest BCUT2D eigenvalue weighted by atomic mass is 32.1. The van der Waals surface area contributed by atoms with Crippen molar-refractivity contribution in [2.75, 3.05) is 25.1 Å². The Kier molecular flexibility index (Phi) is 8.71. The molecule has 0 aromatic heterocycles. The maximum absolute atomic E-state index is 12.3. The Morgan fingerprint density at radius 3 is 2.25 bits per heavy atom. The van der Waals surface area contributed by atoms with Gasteiger partial charge in [-0.25, -0.2) is 0 Å². The second kappa shape index (κ2) is 11.3. The molecule has 0 aliphatic carbocycles. The molecule has 0 spiro atoms. The molecule has 28 heavy (non-hydrogen) atoms. The Labute approximate surface area is 171 Å². The van der Waals surface area contributed by atoms with Crippen LogP contribution in [0.1, 0.15) is 31.1 Å². The van der Waals surface area contributed by atoms with Gasteiger partial charge in [-0.05, 0) is 81.5 Å². The van der Waals surface area contributed by atoms with E-state index in [1.165, 1.54) is 0 Å². The lowest BCUT2D eigenvalue weighted by Gasteiger charge is -2.12. The molecule has 0 aliphatic rings. The smallest absolute Gasteiger partial charge is 0.257 e. The van der Waals surface area contributed by atoms with E-state index in [-0.39, 0.29) is 17.1 Å². The van der Waals surface area contributed by atoms with E-state index in [1.807, 2.05) is 45.0 Å². The van der Waals surface area contributed by atoms with Gasteiger partial charge < -0.3 is 19.5 Å². The van der Waals surface area contributed by atoms with Crippen LogP contribution >= 0.6 is 12.2 Å². The van der Waals surface area contributed by atoms with Gasteiger partial charge >= 0.3 is 0 Å². The molecule has 6 nitrogen and oxygen atoms in total. The Bertz CT molecular complexity index is 761. The number of thiocarbonyl (C=S) groups is 1. The minimum atomic E-state index is -0.293. The minimum Gasteiger partial charge on any atom is -0.491 e. The van der Waals surface area contributed by atoms with Crippen LogP contribution in [-0.4, -0.2) is 36.9 Å². The van der Waals surface area contributed by atoms with E-state index in [0.717, 1.165) is 11.4 Å². The molecule has 0 saturated carbocycles. The van der Waals surface area contributed by atoms with Gasteiger partial charge in [-0.2, -0.15) is 0 Å². The van der Waals surface area contributed by atoms with E-state index < -0.39 is 0 Å². The highest BCUT2D eigenvalue weighted by molar-refractivity contribution is 7.80. The fourth-order valence-corrected chi connectivity index (χ4v) is 2.50. The van der Waals surface area contributed by atoms with Crippen molar-refractivity contribution in [3.05, 3.63) is 54.1 Å². The zero-order valence-corrected chi connectivity index (χ0v) is 17.2. The summed E-state index contributed by atoms with van der Waals surface area (Å²) in [6.07, 6.45) is 0.112. The SMILES string of the molecule is CCOCCOc1ccc(C(=O)NC(=S)Nc2ccc(OC(C)C)cc2)cc1. The Hall–Kier alpha value is -2.64. The van der Waals surface area contributed by atoms with Crippen LogP contribution in [-0.2, 0) is 4.74 Å². The van der Waals surface area contributed by atoms with Gasteiger partial charge in [0.05, 0.1) is 12.7 Å². The number of benzene rings is 2. The van der Waals surface area contributed by atoms with Crippen LogP contribution in [0.25, 0.3) is 0 Å². The maximum Gasteiger partial charge on any atom is 0.257 e. The molecule has 0 radical (unpaired) electrons. The van der Waals surface area contributed by atoms with Gasteiger partial charge in [-0.3, -0.25) is 10.1 Å². The number of anilines is 1. The predicted octanol–water partition coefficient (Wildman–Crippen LogP) is 4.02. The third-order valence-corrected chi connectivity index (χ3v) is 3.73. The third-order valence-electron chi connectivity index (χ3n) is 3.53. The summed E-state index contributed by atoms with van der Waals surface area (Å²) >= 11 is 5.21. The number of hydrogen-bond donors (Lipinski definition) is 2. The van der Waals surface area contributed by atoms with Crippen LogP contribution in [0.2, 0.25) is 0 Å². The molecular formula is C21H26N2O4S. The number of amides is 1. The zero-order chi connectivity index (χ0) is 20.4. The summed E-state index contributed by atoms with van der Waals surface area (Å²) in [5.74, 6) is 1.16. The first-order valence-corrected chi connectivity index (χ1v) is 9.58. The molecule has 0 aliphatic heterocycles. The Morgan fingerprint density at radius 2 is 1.64 bits per heavy atom. The quantitative estimate of drug-likeness (QED) is 0.488.